The second kappa shape index (κ2) is 6.19. The summed E-state index contributed by atoms with van der Waals surface area (Å²) < 4.78 is 0. The maximum Gasteiger partial charge on any atom is 0.220 e. The van der Waals surface area contributed by atoms with E-state index in [2.05, 4.69) is 5.32 Å². The van der Waals surface area contributed by atoms with Crippen LogP contribution in [-0.4, -0.2) is 12.5 Å². The predicted octanol–water partition coefficient (Wildman–Crippen LogP) is 1.60. The molecule has 3 nitrogen and oxygen atoms in total. The predicted molar refractivity (Wildman–Crippen MR) is 61.3 cm³/mol. The maximum absolute atomic E-state index is 11.4. The summed E-state index contributed by atoms with van der Waals surface area (Å²) in [6, 6.07) is 9.73. The smallest absolute Gasteiger partial charge is 0.220 e. The van der Waals surface area contributed by atoms with E-state index in [0.717, 1.165) is 12.0 Å². The van der Waals surface area contributed by atoms with Crippen LogP contribution in [0.15, 0.2) is 30.3 Å². The molecule has 82 valence electrons. The lowest BCUT2D eigenvalue weighted by atomic mass is 10.1. The average Bonchev–Trinajstić information content (AvgIpc) is 2.27. The van der Waals surface area contributed by atoms with Crippen LogP contribution in [0.25, 0.3) is 0 Å². The Bertz CT molecular complexity index is 298. The fourth-order valence-electron chi connectivity index (χ4n) is 1.46. The molecule has 3 heteroatoms. The zero-order valence-corrected chi connectivity index (χ0v) is 9.07. The molecule has 0 aliphatic carbocycles. The van der Waals surface area contributed by atoms with Gasteiger partial charge in [0.15, 0.2) is 0 Å². The summed E-state index contributed by atoms with van der Waals surface area (Å²) in [5, 5.41) is 2.92. The van der Waals surface area contributed by atoms with Crippen LogP contribution in [0.3, 0.4) is 0 Å². The summed E-state index contributed by atoms with van der Waals surface area (Å²) in [6.45, 7) is 2.42. The molecule has 0 heterocycles. The van der Waals surface area contributed by atoms with Gasteiger partial charge in [0, 0.05) is 13.0 Å². The first-order valence-electron chi connectivity index (χ1n) is 5.32. The molecule has 1 atom stereocenters. The zero-order valence-electron chi connectivity index (χ0n) is 9.07. The number of hydrogen-bond acceptors (Lipinski definition) is 2. The van der Waals surface area contributed by atoms with E-state index in [0.29, 0.717) is 13.0 Å². The molecule has 1 aromatic carbocycles. The summed E-state index contributed by atoms with van der Waals surface area (Å²) in [7, 11) is 0. The van der Waals surface area contributed by atoms with Gasteiger partial charge in [-0.1, -0.05) is 37.3 Å². The molecule has 0 radical (unpaired) electrons. The number of hydrogen-bond donors (Lipinski definition) is 2. The van der Waals surface area contributed by atoms with Crippen LogP contribution in [-0.2, 0) is 4.79 Å². The maximum atomic E-state index is 11.4. The standard InChI is InChI=1S/C12H18N2O/c1-2-6-12(15)14-11(9-13)10-7-4-3-5-8-10/h3-5,7-8,11H,2,6,9,13H2,1H3,(H,14,15). The second-order valence-electron chi connectivity index (χ2n) is 3.52. The lowest BCUT2D eigenvalue weighted by Crippen LogP contribution is -2.33. The molecule has 0 fully saturated rings. The molecule has 1 aromatic rings. The van der Waals surface area contributed by atoms with Crippen LogP contribution >= 0.6 is 0 Å². The highest BCUT2D eigenvalue weighted by Gasteiger charge is 2.11. The van der Waals surface area contributed by atoms with Crippen LogP contribution in [0.4, 0.5) is 0 Å². The quantitative estimate of drug-likeness (QED) is 0.769. The number of carbonyl (C=O) groups is 1. The molecule has 0 aromatic heterocycles. The molecular weight excluding hydrogens is 188 g/mol. The van der Waals surface area contributed by atoms with Crippen molar-refractivity contribution in [2.75, 3.05) is 6.54 Å². The van der Waals surface area contributed by atoms with Crippen molar-refractivity contribution >= 4 is 5.91 Å². The molecule has 0 spiro atoms. The molecule has 0 aliphatic rings. The van der Waals surface area contributed by atoms with Crippen molar-refractivity contribution in [3.05, 3.63) is 35.9 Å². The van der Waals surface area contributed by atoms with Crippen molar-refractivity contribution in [3.8, 4) is 0 Å². The monoisotopic (exact) mass is 206 g/mol. The third kappa shape index (κ3) is 3.72. The summed E-state index contributed by atoms with van der Waals surface area (Å²) in [4.78, 5) is 11.4. The van der Waals surface area contributed by atoms with Crippen molar-refractivity contribution in [3.63, 3.8) is 0 Å². The molecule has 1 amide bonds. The minimum atomic E-state index is -0.0646. The van der Waals surface area contributed by atoms with Gasteiger partial charge in [0.1, 0.15) is 0 Å². The van der Waals surface area contributed by atoms with Crippen molar-refractivity contribution in [2.24, 2.45) is 5.73 Å². The van der Waals surface area contributed by atoms with Crippen molar-refractivity contribution < 1.29 is 4.79 Å². The Balaban J connectivity index is 2.61. The fraction of sp³-hybridized carbons (Fsp3) is 0.417. The summed E-state index contributed by atoms with van der Waals surface area (Å²) in [5.41, 5.74) is 6.69. The Morgan fingerprint density at radius 3 is 2.60 bits per heavy atom. The van der Waals surface area contributed by atoms with E-state index in [9.17, 15) is 4.79 Å². The molecule has 0 aliphatic heterocycles. The van der Waals surface area contributed by atoms with Gasteiger partial charge >= 0.3 is 0 Å². The third-order valence-electron chi connectivity index (χ3n) is 2.25. The Kier molecular flexibility index (Phi) is 4.84. The van der Waals surface area contributed by atoms with Gasteiger partial charge in [-0.3, -0.25) is 4.79 Å². The Hall–Kier alpha value is -1.35. The molecule has 3 N–H and O–H groups in total. The van der Waals surface area contributed by atoms with Crippen LogP contribution in [0, 0.1) is 0 Å². The van der Waals surface area contributed by atoms with Gasteiger partial charge in [0.05, 0.1) is 6.04 Å². The highest BCUT2D eigenvalue weighted by atomic mass is 16.1. The molecule has 1 unspecified atom stereocenters. The highest BCUT2D eigenvalue weighted by molar-refractivity contribution is 5.76. The van der Waals surface area contributed by atoms with Crippen molar-refractivity contribution in [1.82, 2.24) is 5.32 Å². The SMILES string of the molecule is CCCC(=O)NC(CN)c1ccccc1. The number of amides is 1. The average molecular weight is 206 g/mol. The Morgan fingerprint density at radius 2 is 2.07 bits per heavy atom. The highest BCUT2D eigenvalue weighted by Crippen LogP contribution is 2.10. The molecule has 0 saturated carbocycles. The number of rotatable bonds is 5. The van der Waals surface area contributed by atoms with Crippen LogP contribution in [0.1, 0.15) is 31.4 Å². The first-order valence-corrected chi connectivity index (χ1v) is 5.32. The van der Waals surface area contributed by atoms with Gasteiger partial charge < -0.3 is 11.1 Å². The number of benzene rings is 1. The second-order valence-corrected chi connectivity index (χ2v) is 3.52. The number of nitrogens with one attached hydrogen (secondary N) is 1. The van der Waals surface area contributed by atoms with Gasteiger partial charge in [-0.15, -0.1) is 0 Å². The van der Waals surface area contributed by atoms with Crippen LogP contribution in [0.2, 0.25) is 0 Å². The van der Waals surface area contributed by atoms with E-state index >= 15 is 0 Å². The van der Waals surface area contributed by atoms with Crippen molar-refractivity contribution in [2.45, 2.75) is 25.8 Å². The topological polar surface area (TPSA) is 55.1 Å². The molecule has 0 saturated heterocycles. The normalized spacial score (nSPS) is 12.1. The number of carbonyl (C=O) groups excluding carboxylic acids is 1. The lowest BCUT2D eigenvalue weighted by molar-refractivity contribution is -0.121. The van der Waals surface area contributed by atoms with Gasteiger partial charge in [-0.2, -0.15) is 0 Å². The summed E-state index contributed by atoms with van der Waals surface area (Å²) >= 11 is 0. The van der Waals surface area contributed by atoms with Gasteiger partial charge in [0.2, 0.25) is 5.91 Å². The number of nitrogens with two attached hydrogens (primary N) is 1. The first kappa shape index (κ1) is 11.7. The van der Waals surface area contributed by atoms with Crippen LogP contribution < -0.4 is 11.1 Å². The van der Waals surface area contributed by atoms with Gasteiger partial charge in [0.25, 0.3) is 0 Å². The molecule has 0 bridgehead atoms. The first-order chi connectivity index (χ1) is 7.27. The van der Waals surface area contributed by atoms with Crippen molar-refractivity contribution in [1.29, 1.82) is 0 Å². The van der Waals surface area contributed by atoms with Gasteiger partial charge in [-0.25, -0.2) is 0 Å². The minimum Gasteiger partial charge on any atom is -0.348 e. The van der Waals surface area contributed by atoms with Gasteiger partial charge in [-0.05, 0) is 12.0 Å². The lowest BCUT2D eigenvalue weighted by Gasteiger charge is -2.16. The summed E-state index contributed by atoms with van der Waals surface area (Å²) in [5.74, 6) is 0.0665. The summed E-state index contributed by atoms with van der Waals surface area (Å²) in [6.07, 6.45) is 1.42. The molecular formula is C12H18N2O. The molecule has 1 rings (SSSR count). The van der Waals surface area contributed by atoms with E-state index < -0.39 is 0 Å². The van der Waals surface area contributed by atoms with E-state index in [1.807, 2.05) is 37.3 Å². The van der Waals surface area contributed by atoms with E-state index in [-0.39, 0.29) is 11.9 Å². The Morgan fingerprint density at radius 1 is 1.40 bits per heavy atom. The van der Waals surface area contributed by atoms with Crippen LogP contribution in [0.5, 0.6) is 0 Å². The van der Waals surface area contributed by atoms with E-state index in [4.69, 9.17) is 5.73 Å². The van der Waals surface area contributed by atoms with E-state index in [1.54, 1.807) is 0 Å². The minimum absolute atomic E-state index is 0.0646. The van der Waals surface area contributed by atoms with E-state index in [1.165, 1.54) is 0 Å². The third-order valence-corrected chi connectivity index (χ3v) is 2.25. The largest absolute Gasteiger partial charge is 0.348 e. The molecule has 15 heavy (non-hydrogen) atoms. The Labute approximate surface area is 90.7 Å². The fourth-order valence-corrected chi connectivity index (χ4v) is 1.46. The zero-order chi connectivity index (χ0) is 11.1.